The highest BCUT2D eigenvalue weighted by molar-refractivity contribution is 5.79. The predicted octanol–water partition coefficient (Wildman–Crippen LogP) is 11.1. The summed E-state index contributed by atoms with van der Waals surface area (Å²) in [7, 11) is 0. The van der Waals surface area contributed by atoms with Crippen molar-refractivity contribution in [1.29, 1.82) is 0 Å². The highest BCUT2D eigenvalue weighted by Gasteiger charge is 2.21. The first kappa shape index (κ1) is 50.8. The van der Waals surface area contributed by atoms with E-state index >= 15 is 0 Å². The van der Waals surface area contributed by atoms with Gasteiger partial charge in [0.2, 0.25) is 5.91 Å². The number of esters is 2. The number of ether oxygens (including phenoxy) is 2. The van der Waals surface area contributed by atoms with Crippen molar-refractivity contribution in [2.24, 2.45) is 11.5 Å². The van der Waals surface area contributed by atoms with Gasteiger partial charge in [-0.25, -0.2) is 0 Å². The SMILES string of the molecule is CCCCCCCCC=CCCCCCCCC(=O)OCC(CN[C@@H](CCCCN)C(N)=O)OC(=O)CCCCCCCC=CCCCCCCCC. The van der Waals surface area contributed by atoms with Crippen LogP contribution < -0.4 is 16.8 Å². The van der Waals surface area contributed by atoms with Gasteiger partial charge in [-0.05, 0) is 83.6 Å². The Balaban J connectivity index is 4.33. The van der Waals surface area contributed by atoms with Crippen LogP contribution >= 0.6 is 0 Å². The summed E-state index contributed by atoms with van der Waals surface area (Å²) in [6.45, 7) is 5.21. The first-order valence-electron chi connectivity index (χ1n) is 22.3. The van der Waals surface area contributed by atoms with E-state index < -0.39 is 18.1 Å². The lowest BCUT2D eigenvalue weighted by Crippen LogP contribution is -2.46. The number of nitrogens with two attached hydrogens (primary N) is 2. The lowest BCUT2D eigenvalue weighted by atomic mass is 10.1. The van der Waals surface area contributed by atoms with Gasteiger partial charge in [-0.3, -0.25) is 14.4 Å². The van der Waals surface area contributed by atoms with E-state index in [2.05, 4.69) is 43.5 Å². The number of primary amides is 1. The van der Waals surface area contributed by atoms with Gasteiger partial charge >= 0.3 is 11.9 Å². The van der Waals surface area contributed by atoms with E-state index in [0.29, 0.717) is 25.8 Å². The second-order valence-electron chi connectivity index (χ2n) is 15.1. The summed E-state index contributed by atoms with van der Waals surface area (Å²) >= 11 is 0. The average molecular weight is 748 g/mol. The number of hydrogen-bond acceptors (Lipinski definition) is 7. The quantitative estimate of drug-likeness (QED) is 0.0322. The molecule has 8 nitrogen and oxygen atoms in total. The summed E-state index contributed by atoms with van der Waals surface area (Å²) in [5, 5.41) is 3.13. The minimum absolute atomic E-state index is 0.0384. The standard InChI is InChI=1S/C45H85N3O5/c1-3-5-7-9-11-13-15-17-19-21-23-25-27-29-31-36-43(49)52-40-41(39-48-42(45(47)51)35-33-34-38-46)53-44(50)37-32-30-28-26-24-22-20-18-16-14-12-10-8-6-4-2/h17-20,41-42,48H,3-16,21-40,46H2,1-2H3,(H2,47,51)/t41?,42-/m0/s1. The smallest absolute Gasteiger partial charge is 0.306 e. The lowest BCUT2D eigenvalue weighted by Gasteiger charge is -2.22. The van der Waals surface area contributed by atoms with Crippen LogP contribution in [-0.2, 0) is 23.9 Å². The van der Waals surface area contributed by atoms with Crippen LogP contribution in [0.2, 0.25) is 0 Å². The molecule has 0 bridgehead atoms. The van der Waals surface area contributed by atoms with Crippen molar-refractivity contribution in [3.8, 4) is 0 Å². The second-order valence-corrected chi connectivity index (χ2v) is 15.1. The summed E-state index contributed by atoms with van der Waals surface area (Å²) in [6.07, 6.45) is 42.6. The number of hydrogen-bond donors (Lipinski definition) is 3. The topological polar surface area (TPSA) is 134 Å². The molecular weight excluding hydrogens is 663 g/mol. The third-order valence-electron chi connectivity index (χ3n) is 9.90. The van der Waals surface area contributed by atoms with Gasteiger partial charge in [0.25, 0.3) is 0 Å². The Labute approximate surface area is 326 Å². The zero-order chi connectivity index (χ0) is 38.9. The number of carbonyl (C=O) groups is 3. The highest BCUT2D eigenvalue weighted by atomic mass is 16.6. The first-order valence-corrected chi connectivity index (χ1v) is 22.3. The number of amides is 1. The monoisotopic (exact) mass is 748 g/mol. The van der Waals surface area contributed by atoms with Crippen molar-refractivity contribution >= 4 is 17.8 Å². The molecule has 0 aliphatic rings. The number of nitrogens with one attached hydrogen (secondary N) is 1. The van der Waals surface area contributed by atoms with E-state index in [-0.39, 0.29) is 25.1 Å². The zero-order valence-electron chi connectivity index (χ0n) is 34.7. The highest BCUT2D eigenvalue weighted by Crippen LogP contribution is 2.13. The summed E-state index contributed by atoms with van der Waals surface area (Å²) in [5.74, 6) is -1.04. The van der Waals surface area contributed by atoms with E-state index in [1.54, 1.807) is 0 Å². The second kappa shape index (κ2) is 41.0. The molecule has 0 saturated heterocycles. The molecule has 53 heavy (non-hydrogen) atoms. The third kappa shape index (κ3) is 37.9. The lowest BCUT2D eigenvalue weighted by molar-refractivity contribution is -0.159. The van der Waals surface area contributed by atoms with Crippen molar-refractivity contribution < 1.29 is 23.9 Å². The minimum Gasteiger partial charge on any atom is -0.462 e. The average Bonchev–Trinajstić information content (AvgIpc) is 3.14. The molecule has 5 N–H and O–H groups in total. The molecule has 0 heterocycles. The molecule has 0 aromatic rings. The van der Waals surface area contributed by atoms with Crippen LogP contribution in [-0.4, -0.2) is 49.7 Å². The Morgan fingerprint density at radius 2 is 0.962 bits per heavy atom. The molecule has 0 saturated carbocycles. The molecule has 0 fully saturated rings. The Morgan fingerprint density at radius 3 is 1.40 bits per heavy atom. The van der Waals surface area contributed by atoms with E-state index in [0.717, 1.165) is 70.6 Å². The van der Waals surface area contributed by atoms with Gasteiger partial charge in [0.05, 0.1) is 6.04 Å². The maximum absolute atomic E-state index is 12.7. The van der Waals surface area contributed by atoms with Gasteiger partial charge in [0.1, 0.15) is 12.7 Å². The van der Waals surface area contributed by atoms with Crippen LogP contribution in [0.1, 0.15) is 213 Å². The number of rotatable bonds is 41. The zero-order valence-corrected chi connectivity index (χ0v) is 34.7. The minimum atomic E-state index is -0.681. The third-order valence-corrected chi connectivity index (χ3v) is 9.90. The Kier molecular flexibility index (Phi) is 39.3. The first-order chi connectivity index (χ1) is 25.9. The summed E-state index contributed by atoms with van der Waals surface area (Å²) < 4.78 is 11.3. The molecule has 1 unspecified atom stereocenters. The number of carbonyl (C=O) groups excluding carboxylic acids is 3. The molecule has 0 rings (SSSR count). The van der Waals surface area contributed by atoms with E-state index in [1.807, 2.05) is 0 Å². The van der Waals surface area contributed by atoms with Crippen molar-refractivity contribution in [2.75, 3.05) is 19.7 Å². The molecule has 1 amide bonds. The fourth-order valence-corrected chi connectivity index (χ4v) is 6.43. The number of unbranched alkanes of at least 4 members (excludes halogenated alkanes) is 23. The van der Waals surface area contributed by atoms with Crippen LogP contribution in [0.3, 0.4) is 0 Å². The van der Waals surface area contributed by atoms with Crippen LogP contribution in [0.5, 0.6) is 0 Å². The number of allylic oxidation sites excluding steroid dienone is 4. The summed E-state index contributed by atoms with van der Waals surface area (Å²) in [4.78, 5) is 37.3. The maximum Gasteiger partial charge on any atom is 0.306 e. The van der Waals surface area contributed by atoms with Crippen LogP contribution in [0.25, 0.3) is 0 Å². The maximum atomic E-state index is 12.7. The van der Waals surface area contributed by atoms with Crippen molar-refractivity contribution in [3.63, 3.8) is 0 Å². The molecule has 2 atom stereocenters. The van der Waals surface area contributed by atoms with Gasteiger partial charge in [-0.1, -0.05) is 147 Å². The van der Waals surface area contributed by atoms with Crippen molar-refractivity contribution in [2.45, 2.75) is 225 Å². The Morgan fingerprint density at radius 1 is 0.547 bits per heavy atom. The Bertz CT molecular complexity index is 893. The van der Waals surface area contributed by atoms with Crippen LogP contribution in [0.4, 0.5) is 0 Å². The van der Waals surface area contributed by atoms with Gasteiger partial charge in [0.15, 0.2) is 0 Å². The molecular formula is C45H85N3O5. The summed E-state index contributed by atoms with van der Waals surface area (Å²) in [6, 6.07) is -0.556. The van der Waals surface area contributed by atoms with Crippen molar-refractivity contribution in [3.05, 3.63) is 24.3 Å². The molecule has 0 aliphatic heterocycles. The van der Waals surface area contributed by atoms with Gasteiger partial charge in [-0.15, -0.1) is 0 Å². The largest absolute Gasteiger partial charge is 0.462 e. The molecule has 0 radical (unpaired) electrons. The molecule has 310 valence electrons. The van der Waals surface area contributed by atoms with E-state index in [9.17, 15) is 14.4 Å². The van der Waals surface area contributed by atoms with E-state index in [4.69, 9.17) is 20.9 Å². The fraction of sp³-hybridized carbons (Fsp3) is 0.844. The normalized spacial score (nSPS) is 12.8. The van der Waals surface area contributed by atoms with Crippen molar-refractivity contribution in [1.82, 2.24) is 5.32 Å². The molecule has 8 heteroatoms. The molecule has 0 spiro atoms. The Hall–Kier alpha value is -2.19. The molecule has 0 aliphatic carbocycles. The summed E-state index contributed by atoms with van der Waals surface area (Å²) in [5.41, 5.74) is 11.2. The fourth-order valence-electron chi connectivity index (χ4n) is 6.43. The van der Waals surface area contributed by atoms with Crippen LogP contribution in [0, 0.1) is 0 Å². The van der Waals surface area contributed by atoms with Gasteiger partial charge in [0, 0.05) is 19.4 Å². The van der Waals surface area contributed by atoms with E-state index in [1.165, 1.54) is 109 Å². The molecule has 0 aromatic carbocycles. The predicted molar refractivity (Wildman–Crippen MR) is 224 cm³/mol. The molecule has 0 aromatic heterocycles. The van der Waals surface area contributed by atoms with Gasteiger partial charge < -0.3 is 26.3 Å². The van der Waals surface area contributed by atoms with Gasteiger partial charge in [-0.2, -0.15) is 0 Å². The van der Waals surface area contributed by atoms with Crippen LogP contribution in [0.15, 0.2) is 24.3 Å².